The first-order valence-corrected chi connectivity index (χ1v) is 5.59. The number of hydrogen-bond donors (Lipinski definition) is 3. The van der Waals surface area contributed by atoms with Gasteiger partial charge in [-0.05, 0) is 34.8 Å². The molecule has 0 unspecified atom stereocenters. The number of rotatable bonds is 3. The van der Waals surface area contributed by atoms with Gasteiger partial charge in [-0.2, -0.15) is 0 Å². The Kier molecular flexibility index (Phi) is 4.17. The van der Waals surface area contributed by atoms with Crippen LogP contribution in [0.4, 0.5) is 11.4 Å². The molecule has 0 aliphatic heterocycles. The zero-order chi connectivity index (χ0) is 13.2. The second-order valence-electron chi connectivity index (χ2n) is 2.90. The molecule has 0 radical (unpaired) electrons. The molecule has 0 fully saturated rings. The van der Waals surface area contributed by atoms with Crippen molar-refractivity contribution < 1.29 is 14.8 Å². The molecule has 0 heterocycles. The van der Waals surface area contributed by atoms with Crippen molar-refractivity contribution in [1.82, 2.24) is 0 Å². The third-order valence-electron chi connectivity index (χ3n) is 1.76. The summed E-state index contributed by atoms with van der Waals surface area (Å²) in [5.74, 6) is -1.30. The molecule has 0 aromatic heterocycles. The number of carbonyl (C=O) groups is 1. The van der Waals surface area contributed by atoms with Gasteiger partial charge in [-0.3, -0.25) is 10.1 Å². The predicted molar refractivity (Wildman–Crippen MR) is 73.2 cm³/mol. The quantitative estimate of drug-likeness (QED) is 0.321. The van der Waals surface area contributed by atoms with Crippen LogP contribution in [0.15, 0.2) is 12.1 Å². The molecule has 1 aromatic carbocycles. The number of carboxylic acid groups (broad SMARTS) is 1. The number of anilines is 1. The smallest absolute Gasteiger partial charge is 0.338 e. The highest BCUT2D eigenvalue weighted by molar-refractivity contribution is 14.1. The molecular formula is C8H6IN3O4S. The van der Waals surface area contributed by atoms with E-state index in [0.29, 0.717) is 3.57 Å². The van der Waals surface area contributed by atoms with Gasteiger partial charge in [-0.25, -0.2) is 4.79 Å². The molecule has 0 bridgehead atoms. The third kappa shape index (κ3) is 3.23. The van der Waals surface area contributed by atoms with Gasteiger partial charge in [0.1, 0.15) is 0 Å². The Morgan fingerprint density at radius 3 is 2.59 bits per heavy atom. The van der Waals surface area contributed by atoms with E-state index >= 15 is 0 Å². The zero-order valence-electron chi connectivity index (χ0n) is 8.14. The fourth-order valence-corrected chi connectivity index (χ4v) is 1.96. The lowest BCUT2D eigenvalue weighted by molar-refractivity contribution is -0.385. The van der Waals surface area contributed by atoms with E-state index < -0.39 is 10.9 Å². The van der Waals surface area contributed by atoms with Crippen molar-refractivity contribution in [3.05, 3.63) is 31.4 Å². The lowest BCUT2D eigenvalue weighted by Crippen LogP contribution is -2.21. The minimum Gasteiger partial charge on any atom is -0.478 e. The normalized spacial score (nSPS) is 9.71. The van der Waals surface area contributed by atoms with Crippen molar-refractivity contribution in [2.75, 3.05) is 5.32 Å². The van der Waals surface area contributed by atoms with E-state index in [4.69, 9.17) is 10.8 Å². The van der Waals surface area contributed by atoms with E-state index in [-0.39, 0.29) is 22.1 Å². The minimum absolute atomic E-state index is 0.112. The first kappa shape index (κ1) is 13.6. The van der Waals surface area contributed by atoms with Crippen LogP contribution in [-0.2, 0) is 0 Å². The fraction of sp³-hybridized carbons (Fsp3) is 0. The monoisotopic (exact) mass is 367 g/mol. The van der Waals surface area contributed by atoms with E-state index in [0.717, 1.165) is 6.07 Å². The number of aromatic carboxylic acids is 1. The second-order valence-corrected chi connectivity index (χ2v) is 4.50. The van der Waals surface area contributed by atoms with Gasteiger partial charge in [-0.1, -0.05) is 0 Å². The number of nitrogens with two attached hydrogens (primary N) is 1. The first-order chi connectivity index (χ1) is 7.82. The molecule has 0 aliphatic carbocycles. The van der Waals surface area contributed by atoms with Crippen LogP contribution in [0.1, 0.15) is 10.4 Å². The molecular weight excluding hydrogens is 361 g/mol. The number of nitro benzene ring substituents is 1. The lowest BCUT2D eigenvalue weighted by Gasteiger charge is -2.09. The largest absolute Gasteiger partial charge is 0.478 e. The summed E-state index contributed by atoms with van der Waals surface area (Å²) in [6, 6.07) is 2.18. The van der Waals surface area contributed by atoms with Crippen LogP contribution in [0, 0.1) is 13.7 Å². The molecule has 0 atom stereocenters. The van der Waals surface area contributed by atoms with Gasteiger partial charge in [0.15, 0.2) is 5.11 Å². The van der Waals surface area contributed by atoms with Crippen LogP contribution in [0.3, 0.4) is 0 Å². The van der Waals surface area contributed by atoms with Crippen LogP contribution in [0.2, 0.25) is 0 Å². The van der Waals surface area contributed by atoms with Gasteiger partial charge in [0, 0.05) is 15.7 Å². The lowest BCUT2D eigenvalue weighted by atomic mass is 10.1. The van der Waals surface area contributed by atoms with Crippen molar-refractivity contribution in [1.29, 1.82) is 0 Å². The molecule has 1 aromatic rings. The summed E-state index contributed by atoms with van der Waals surface area (Å²) in [7, 11) is 0. The molecule has 0 aliphatic rings. The molecule has 0 saturated carbocycles. The van der Waals surface area contributed by atoms with Crippen LogP contribution < -0.4 is 11.1 Å². The Morgan fingerprint density at radius 1 is 1.59 bits per heavy atom. The average Bonchev–Trinajstić information content (AvgIpc) is 2.19. The standard InChI is InChI=1S/C8H6IN3O4S/c9-5-2-3(12(15)16)1-4(7(13)14)6(5)11-8(10)17/h1-2H,(H,13,14)(H3,10,11,17). The number of carboxylic acids is 1. The summed E-state index contributed by atoms with van der Waals surface area (Å²) in [4.78, 5) is 20.9. The maximum atomic E-state index is 11.0. The van der Waals surface area contributed by atoms with E-state index in [1.54, 1.807) is 22.6 Å². The second kappa shape index (κ2) is 5.23. The number of non-ortho nitro benzene ring substituents is 1. The summed E-state index contributed by atoms with van der Waals surface area (Å²) < 4.78 is 0.349. The van der Waals surface area contributed by atoms with Crippen molar-refractivity contribution in [2.24, 2.45) is 5.73 Å². The number of halogens is 1. The highest BCUT2D eigenvalue weighted by atomic mass is 127. The fourth-order valence-electron chi connectivity index (χ4n) is 1.12. The summed E-state index contributed by atoms with van der Waals surface area (Å²) in [5, 5.41) is 21.9. The Labute approximate surface area is 114 Å². The molecule has 9 heteroatoms. The SMILES string of the molecule is NC(=S)Nc1c(I)cc([N+](=O)[O-])cc1C(=O)O. The van der Waals surface area contributed by atoms with Gasteiger partial charge in [0.25, 0.3) is 5.69 Å². The zero-order valence-corrected chi connectivity index (χ0v) is 11.1. The number of nitrogens with zero attached hydrogens (tertiary/aromatic N) is 1. The van der Waals surface area contributed by atoms with Crippen LogP contribution in [0.25, 0.3) is 0 Å². The predicted octanol–water partition coefficient (Wildman–Crippen LogP) is 1.55. The van der Waals surface area contributed by atoms with Gasteiger partial charge >= 0.3 is 5.97 Å². The molecule has 7 nitrogen and oxygen atoms in total. The molecule has 4 N–H and O–H groups in total. The van der Waals surface area contributed by atoms with E-state index in [1.165, 1.54) is 6.07 Å². The van der Waals surface area contributed by atoms with Crippen LogP contribution >= 0.6 is 34.8 Å². The summed E-state index contributed by atoms with van der Waals surface area (Å²) in [5.41, 5.74) is 4.84. The molecule has 0 saturated heterocycles. The van der Waals surface area contributed by atoms with Gasteiger partial charge in [0.2, 0.25) is 0 Å². The molecule has 17 heavy (non-hydrogen) atoms. The topological polar surface area (TPSA) is 118 Å². The van der Waals surface area contributed by atoms with Crippen molar-refractivity contribution in [3.63, 3.8) is 0 Å². The first-order valence-electron chi connectivity index (χ1n) is 4.10. The van der Waals surface area contributed by atoms with Crippen molar-refractivity contribution in [3.8, 4) is 0 Å². The third-order valence-corrected chi connectivity index (χ3v) is 2.72. The molecule has 1 rings (SSSR count). The van der Waals surface area contributed by atoms with E-state index in [9.17, 15) is 14.9 Å². The average molecular weight is 367 g/mol. The van der Waals surface area contributed by atoms with E-state index in [1.807, 2.05) is 0 Å². The summed E-state index contributed by atoms with van der Waals surface area (Å²) in [6.07, 6.45) is 0. The molecule has 90 valence electrons. The van der Waals surface area contributed by atoms with Crippen LogP contribution in [0.5, 0.6) is 0 Å². The molecule has 0 amide bonds. The van der Waals surface area contributed by atoms with E-state index in [2.05, 4.69) is 17.5 Å². The maximum absolute atomic E-state index is 11.0. The van der Waals surface area contributed by atoms with Gasteiger partial charge < -0.3 is 16.2 Å². The Hall–Kier alpha value is -1.49. The summed E-state index contributed by atoms with van der Waals surface area (Å²) in [6.45, 7) is 0. The van der Waals surface area contributed by atoms with Crippen molar-refractivity contribution in [2.45, 2.75) is 0 Å². The highest BCUT2D eigenvalue weighted by Crippen LogP contribution is 2.28. The number of thiocarbonyl (C=S) groups is 1. The van der Waals surface area contributed by atoms with Crippen molar-refractivity contribution >= 4 is 57.3 Å². The number of benzene rings is 1. The Bertz CT molecular complexity index is 520. The number of nitro groups is 1. The van der Waals surface area contributed by atoms with Gasteiger partial charge in [-0.15, -0.1) is 0 Å². The molecule has 0 spiro atoms. The summed E-state index contributed by atoms with van der Waals surface area (Å²) >= 11 is 6.37. The number of hydrogen-bond acceptors (Lipinski definition) is 4. The van der Waals surface area contributed by atoms with Gasteiger partial charge in [0.05, 0.1) is 16.2 Å². The van der Waals surface area contributed by atoms with Crippen LogP contribution in [-0.4, -0.2) is 21.1 Å². The highest BCUT2D eigenvalue weighted by Gasteiger charge is 2.19. The number of nitrogens with one attached hydrogen (secondary N) is 1. The maximum Gasteiger partial charge on any atom is 0.338 e. The Balaban J connectivity index is 3.43. The Morgan fingerprint density at radius 2 is 2.18 bits per heavy atom. The minimum atomic E-state index is -1.30.